The number of aromatic nitrogens is 2. The molecule has 0 radical (unpaired) electrons. The van der Waals surface area contributed by atoms with Gasteiger partial charge in [0.1, 0.15) is 5.82 Å². The summed E-state index contributed by atoms with van der Waals surface area (Å²) in [4.78, 5) is 10.8. The summed E-state index contributed by atoms with van der Waals surface area (Å²) in [7, 11) is -3.56. The van der Waals surface area contributed by atoms with Crippen LogP contribution in [0.25, 0.3) is 0 Å². The van der Waals surface area contributed by atoms with Gasteiger partial charge in [0, 0.05) is 38.6 Å². The van der Waals surface area contributed by atoms with Gasteiger partial charge in [0.15, 0.2) is 0 Å². The minimum absolute atomic E-state index is 0.145. The Morgan fingerprint density at radius 1 is 0.958 bits per heavy atom. The fourth-order valence-corrected chi connectivity index (χ4v) is 5.07. The van der Waals surface area contributed by atoms with E-state index < -0.39 is 15.8 Å². The summed E-state index contributed by atoms with van der Waals surface area (Å²) >= 11 is 0. The molecule has 2 aliphatic heterocycles. The molecule has 6 nitrogen and oxygen atoms in total. The molecule has 2 saturated heterocycles. The summed E-state index contributed by atoms with van der Waals surface area (Å²) in [5.41, 5.74) is 0. The van der Waals surface area contributed by atoms with Gasteiger partial charge in [-0.25, -0.2) is 22.8 Å². The molecule has 0 unspecified atom stereocenters. The van der Waals surface area contributed by atoms with Crippen molar-refractivity contribution >= 4 is 16.0 Å². The molecule has 24 heavy (non-hydrogen) atoms. The molecule has 0 saturated carbocycles. The van der Waals surface area contributed by atoms with Gasteiger partial charge < -0.3 is 4.90 Å². The maximum atomic E-state index is 13.0. The quantitative estimate of drug-likeness (QED) is 0.838. The Hall–Kier alpha value is -2.06. The van der Waals surface area contributed by atoms with Crippen LogP contribution in [0.5, 0.6) is 0 Å². The van der Waals surface area contributed by atoms with Crippen LogP contribution in [0.3, 0.4) is 0 Å². The fourth-order valence-electron chi connectivity index (χ4n) is 3.52. The van der Waals surface area contributed by atoms with Crippen LogP contribution in [0, 0.1) is 17.7 Å². The first-order valence-electron chi connectivity index (χ1n) is 7.82. The number of nitrogens with zero attached hydrogens (tertiary/aromatic N) is 4. The third kappa shape index (κ3) is 2.65. The molecule has 2 aliphatic rings. The highest BCUT2D eigenvalue weighted by Crippen LogP contribution is 2.35. The summed E-state index contributed by atoms with van der Waals surface area (Å²) < 4.78 is 39.9. The van der Waals surface area contributed by atoms with E-state index in [1.165, 1.54) is 28.6 Å². The van der Waals surface area contributed by atoms with Gasteiger partial charge in [-0.05, 0) is 42.2 Å². The molecular formula is C16H17FN4O2S. The van der Waals surface area contributed by atoms with Gasteiger partial charge in [-0.1, -0.05) is 0 Å². The van der Waals surface area contributed by atoms with E-state index in [0.717, 1.165) is 13.1 Å². The van der Waals surface area contributed by atoms with Crippen molar-refractivity contribution in [3.63, 3.8) is 0 Å². The molecule has 2 fully saturated rings. The first-order chi connectivity index (χ1) is 11.5. The standard InChI is InChI=1S/C16H17FN4O2S/c17-14-2-4-15(5-3-14)24(22,23)21-10-12-8-20(9-13(12)11-21)16-18-6-1-7-19-16/h1-7,12-13H,8-11H2/t12-,13+. The largest absolute Gasteiger partial charge is 0.340 e. The predicted octanol–water partition coefficient (Wildman–Crippen LogP) is 1.37. The third-order valence-electron chi connectivity index (χ3n) is 4.74. The Bertz CT molecular complexity index is 815. The van der Waals surface area contributed by atoms with E-state index in [9.17, 15) is 12.8 Å². The van der Waals surface area contributed by atoms with Crippen LogP contribution in [0.2, 0.25) is 0 Å². The average Bonchev–Trinajstić information content (AvgIpc) is 3.15. The summed E-state index contributed by atoms with van der Waals surface area (Å²) in [6.45, 7) is 2.47. The monoisotopic (exact) mass is 348 g/mol. The van der Waals surface area contributed by atoms with Crippen molar-refractivity contribution in [1.29, 1.82) is 0 Å². The van der Waals surface area contributed by atoms with Crippen LogP contribution in [0.4, 0.5) is 10.3 Å². The van der Waals surface area contributed by atoms with Gasteiger partial charge in [-0.15, -0.1) is 0 Å². The second-order valence-corrected chi connectivity index (χ2v) is 8.19. The topological polar surface area (TPSA) is 66.4 Å². The Kier molecular flexibility index (Phi) is 3.73. The Labute approximate surface area is 140 Å². The lowest BCUT2D eigenvalue weighted by atomic mass is 10.0. The molecular weight excluding hydrogens is 331 g/mol. The van der Waals surface area contributed by atoms with Gasteiger partial charge in [0.25, 0.3) is 0 Å². The van der Waals surface area contributed by atoms with E-state index in [1.54, 1.807) is 18.5 Å². The molecule has 2 aromatic rings. The van der Waals surface area contributed by atoms with Crippen LogP contribution in [0.1, 0.15) is 0 Å². The first kappa shape index (κ1) is 15.5. The molecule has 0 bridgehead atoms. The van der Waals surface area contributed by atoms with Crippen molar-refractivity contribution in [3.05, 3.63) is 48.5 Å². The van der Waals surface area contributed by atoms with E-state index in [0.29, 0.717) is 19.0 Å². The molecule has 2 atom stereocenters. The molecule has 0 N–H and O–H groups in total. The number of sulfonamides is 1. The second-order valence-electron chi connectivity index (χ2n) is 6.25. The summed E-state index contributed by atoms with van der Waals surface area (Å²) in [6.07, 6.45) is 3.42. The maximum Gasteiger partial charge on any atom is 0.243 e. The molecule has 1 aromatic heterocycles. The van der Waals surface area contributed by atoms with Crippen molar-refractivity contribution in [3.8, 4) is 0 Å². The van der Waals surface area contributed by atoms with E-state index in [-0.39, 0.29) is 16.7 Å². The number of rotatable bonds is 3. The number of fused-ring (bicyclic) bond motifs is 1. The van der Waals surface area contributed by atoms with Gasteiger partial charge in [-0.2, -0.15) is 4.31 Å². The maximum absolute atomic E-state index is 13.0. The van der Waals surface area contributed by atoms with Crippen molar-refractivity contribution in [2.45, 2.75) is 4.90 Å². The van der Waals surface area contributed by atoms with Crippen molar-refractivity contribution < 1.29 is 12.8 Å². The Balaban J connectivity index is 1.48. The highest BCUT2D eigenvalue weighted by molar-refractivity contribution is 7.89. The highest BCUT2D eigenvalue weighted by Gasteiger charge is 2.44. The van der Waals surface area contributed by atoms with Crippen LogP contribution in [-0.4, -0.2) is 48.9 Å². The molecule has 0 spiro atoms. The third-order valence-corrected chi connectivity index (χ3v) is 6.59. The number of hydrogen-bond donors (Lipinski definition) is 0. The molecule has 4 rings (SSSR count). The molecule has 3 heterocycles. The lowest BCUT2D eigenvalue weighted by Gasteiger charge is -2.21. The lowest BCUT2D eigenvalue weighted by molar-refractivity contribution is 0.452. The minimum Gasteiger partial charge on any atom is -0.340 e. The van der Waals surface area contributed by atoms with Gasteiger partial charge in [-0.3, -0.25) is 0 Å². The number of halogens is 1. The zero-order valence-electron chi connectivity index (χ0n) is 12.9. The molecule has 0 aliphatic carbocycles. The van der Waals surface area contributed by atoms with Gasteiger partial charge >= 0.3 is 0 Å². The molecule has 8 heteroatoms. The Morgan fingerprint density at radius 2 is 1.54 bits per heavy atom. The van der Waals surface area contributed by atoms with E-state index in [2.05, 4.69) is 14.9 Å². The lowest BCUT2D eigenvalue weighted by Crippen LogP contribution is -2.33. The Morgan fingerprint density at radius 3 is 2.12 bits per heavy atom. The van der Waals surface area contributed by atoms with E-state index in [4.69, 9.17) is 0 Å². The first-order valence-corrected chi connectivity index (χ1v) is 9.26. The average molecular weight is 348 g/mol. The van der Waals surface area contributed by atoms with Crippen LogP contribution < -0.4 is 4.90 Å². The SMILES string of the molecule is O=S(=O)(c1ccc(F)cc1)N1C[C@H]2CN(c3ncccn3)C[C@H]2C1. The van der Waals surface area contributed by atoms with Crippen molar-refractivity contribution in [1.82, 2.24) is 14.3 Å². The van der Waals surface area contributed by atoms with Crippen molar-refractivity contribution in [2.24, 2.45) is 11.8 Å². The van der Waals surface area contributed by atoms with Crippen LogP contribution in [0.15, 0.2) is 47.6 Å². The molecule has 1 aromatic carbocycles. The summed E-state index contributed by atoms with van der Waals surface area (Å²) in [6, 6.07) is 6.78. The zero-order valence-corrected chi connectivity index (χ0v) is 13.7. The summed E-state index contributed by atoms with van der Waals surface area (Å²) in [5.74, 6) is 0.790. The number of benzene rings is 1. The van der Waals surface area contributed by atoms with Crippen molar-refractivity contribution in [2.75, 3.05) is 31.1 Å². The fraction of sp³-hybridized carbons (Fsp3) is 0.375. The number of hydrogen-bond acceptors (Lipinski definition) is 5. The van der Waals surface area contributed by atoms with Gasteiger partial charge in [0.05, 0.1) is 4.90 Å². The smallest absolute Gasteiger partial charge is 0.243 e. The molecule has 126 valence electrons. The van der Waals surface area contributed by atoms with Crippen LogP contribution in [-0.2, 0) is 10.0 Å². The predicted molar refractivity (Wildman–Crippen MR) is 86.4 cm³/mol. The molecule has 0 amide bonds. The highest BCUT2D eigenvalue weighted by atomic mass is 32.2. The van der Waals surface area contributed by atoms with Crippen LogP contribution >= 0.6 is 0 Å². The van der Waals surface area contributed by atoms with E-state index >= 15 is 0 Å². The summed E-state index contributed by atoms with van der Waals surface area (Å²) in [5, 5.41) is 0. The zero-order chi connectivity index (χ0) is 16.7. The normalized spacial score (nSPS) is 24.3. The minimum atomic E-state index is -3.56. The second kappa shape index (κ2) is 5.78. The van der Waals surface area contributed by atoms with E-state index in [1.807, 2.05) is 0 Å². The number of anilines is 1. The van der Waals surface area contributed by atoms with Gasteiger partial charge in [0.2, 0.25) is 16.0 Å².